The van der Waals surface area contributed by atoms with E-state index in [1.54, 1.807) is 22.8 Å². The fraction of sp³-hybridized carbons (Fsp3) is 0.292. The van der Waals surface area contributed by atoms with Crippen LogP contribution in [0, 0.1) is 0 Å². The largest absolute Gasteiger partial charge is 0.450 e. The van der Waals surface area contributed by atoms with E-state index in [-0.39, 0.29) is 24.5 Å². The average Bonchev–Trinajstić information content (AvgIpc) is 3.11. The van der Waals surface area contributed by atoms with Crippen LogP contribution in [0.2, 0.25) is 0 Å². The first kappa shape index (κ1) is 20.7. The number of hydrogen-bond donors (Lipinski definition) is 1. The van der Waals surface area contributed by atoms with Crippen molar-refractivity contribution in [2.75, 3.05) is 39.3 Å². The van der Waals surface area contributed by atoms with Gasteiger partial charge in [0, 0.05) is 32.3 Å². The van der Waals surface area contributed by atoms with E-state index >= 15 is 0 Å². The zero-order chi connectivity index (χ0) is 21.8. The van der Waals surface area contributed by atoms with Crippen LogP contribution in [0.3, 0.4) is 0 Å². The highest BCUT2D eigenvalue weighted by Gasteiger charge is 2.26. The Morgan fingerprint density at radius 2 is 1.39 bits per heavy atom. The summed E-state index contributed by atoms with van der Waals surface area (Å²) < 4.78 is 4.99. The molecule has 0 atom stereocenters. The molecule has 1 heterocycles. The third-order valence-electron chi connectivity index (χ3n) is 5.57. The quantitative estimate of drug-likeness (QED) is 0.659. The Bertz CT molecular complexity index is 991. The van der Waals surface area contributed by atoms with Gasteiger partial charge in [-0.2, -0.15) is 0 Å². The van der Waals surface area contributed by atoms with Gasteiger partial charge >= 0.3 is 6.09 Å². The van der Waals surface area contributed by atoms with Gasteiger partial charge in [-0.1, -0.05) is 48.5 Å². The summed E-state index contributed by atoms with van der Waals surface area (Å²) in [5, 5.41) is 2.71. The van der Waals surface area contributed by atoms with Crippen molar-refractivity contribution in [2.24, 2.45) is 0 Å². The second-order valence-corrected chi connectivity index (χ2v) is 7.43. The predicted octanol–water partition coefficient (Wildman–Crippen LogP) is 2.52. The number of benzene rings is 2. The molecule has 1 saturated heterocycles. The van der Waals surface area contributed by atoms with E-state index in [1.807, 2.05) is 48.5 Å². The smallest absolute Gasteiger partial charge is 0.409 e. The van der Waals surface area contributed by atoms with E-state index in [1.165, 1.54) is 0 Å². The van der Waals surface area contributed by atoms with E-state index in [4.69, 9.17) is 4.74 Å². The first-order valence-electron chi connectivity index (χ1n) is 10.5. The molecule has 7 nitrogen and oxygen atoms in total. The van der Waals surface area contributed by atoms with Gasteiger partial charge in [0.25, 0.3) is 0 Å². The van der Waals surface area contributed by atoms with Crippen LogP contribution in [-0.2, 0) is 14.3 Å². The number of piperazine rings is 1. The maximum atomic E-state index is 12.6. The number of nitrogens with one attached hydrogen (secondary N) is 1. The van der Waals surface area contributed by atoms with Crippen LogP contribution in [0.4, 0.5) is 4.79 Å². The normalized spacial score (nSPS) is 14.5. The third-order valence-corrected chi connectivity index (χ3v) is 5.57. The van der Waals surface area contributed by atoms with Gasteiger partial charge in [0.2, 0.25) is 11.8 Å². The summed E-state index contributed by atoms with van der Waals surface area (Å²) >= 11 is 0. The molecule has 0 bridgehead atoms. The highest BCUT2D eigenvalue weighted by Crippen LogP contribution is 2.43. The van der Waals surface area contributed by atoms with Crippen LogP contribution in [0.15, 0.2) is 54.6 Å². The second kappa shape index (κ2) is 9.04. The summed E-state index contributed by atoms with van der Waals surface area (Å²) in [4.78, 5) is 40.1. The molecule has 1 fully saturated rings. The van der Waals surface area contributed by atoms with E-state index in [0.29, 0.717) is 32.8 Å². The molecular weight excluding hydrogens is 394 g/mol. The minimum absolute atomic E-state index is 0.0781. The van der Waals surface area contributed by atoms with Gasteiger partial charge in [0.05, 0.1) is 13.2 Å². The molecule has 1 aliphatic carbocycles. The van der Waals surface area contributed by atoms with Crippen LogP contribution < -0.4 is 5.32 Å². The summed E-state index contributed by atoms with van der Waals surface area (Å²) in [6.07, 6.45) is 1.21. The molecule has 7 heteroatoms. The summed E-state index contributed by atoms with van der Waals surface area (Å²) in [6.45, 7) is 3.72. The number of amides is 3. The SMILES string of the molecule is CCOC(=O)N1CCN(C(=O)CNC(=O)C=C2c3ccccc3-c3ccccc32)CC1. The van der Waals surface area contributed by atoms with Crippen molar-refractivity contribution < 1.29 is 19.1 Å². The predicted molar refractivity (Wildman–Crippen MR) is 117 cm³/mol. The standard InChI is InChI=1S/C24H25N3O4/c1-2-31-24(30)27-13-11-26(12-14-27)23(29)16-25-22(28)15-21-19-9-5-3-7-17(19)18-8-4-6-10-20(18)21/h3-10,15H,2,11-14,16H2,1H3,(H,25,28). The Labute approximate surface area is 181 Å². The summed E-state index contributed by atoms with van der Waals surface area (Å²) in [5.74, 6) is -0.470. The first-order chi connectivity index (χ1) is 15.1. The summed E-state index contributed by atoms with van der Waals surface area (Å²) in [7, 11) is 0. The number of carbonyl (C=O) groups is 3. The number of rotatable bonds is 4. The second-order valence-electron chi connectivity index (χ2n) is 7.43. The van der Waals surface area contributed by atoms with E-state index in [0.717, 1.165) is 27.8 Å². The average molecular weight is 419 g/mol. The molecule has 2 aromatic rings. The van der Waals surface area contributed by atoms with Crippen LogP contribution in [0.1, 0.15) is 18.1 Å². The molecule has 1 N–H and O–H groups in total. The lowest BCUT2D eigenvalue weighted by Crippen LogP contribution is -2.52. The minimum Gasteiger partial charge on any atom is -0.450 e. The molecule has 0 spiro atoms. The Kier molecular flexibility index (Phi) is 6.02. The Morgan fingerprint density at radius 3 is 1.94 bits per heavy atom. The number of hydrogen-bond acceptors (Lipinski definition) is 4. The van der Waals surface area contributed by atoms with Crippen molar-refractivity contribution in [3.63, 3.8) is 0 Å². The highest BCUT2D eigenvalue weighted by atomic mass is 16.6. The molecule has 31 heavy (non-hydrogen) atoms. The molecule has 0 unspecified atom stereocenters. The third kappa shape index (κ3) is 4.30. The van der Waals surface area contributed by atoms with Gasteiger partial charge in [0.15, 0.2) is 0 Å². The summed E-state index contributed by atoms with van der Waals surface area (Å²) in [5.41, 5.74) is 5.10. The van der Waals surface area contributed by atoms with Crippen molar-refractivity contribution >= 4 is 23.5 Å². The van der Waals surface area contributed by atoms with Gasteiger partial charge in [-0.3, -0.25) is 9.59 Å². The number of carbonyl (C=O) groups excluding carboxylic acids is 3. The topological polar surface area (TPSA) is 79.0 Å². The maximum Gasteiger partial charge on any atom is 0.409 e. The first-order valence-corrected chi connectivity index (χ1v) is 10.5. The van der Waals surface area contributed by atoms with Gasteiger partial charge in [-0.05, 0) is 34.8 Å². The fourth-order valence-electron chi connectivity index (χ4n) is 4.02. The maximum absolute atomic E-state index is 12.6. The van der Waals surface area contributed by atoms with Gasteiger partial charge in [-0.15, -0.1) is 0 Å². The van der Waals surface area contributed by atoms with Crippen LogP contribution in [-0.4, -0.2) is 67.0 Å². The zero-order valence-electron chi connectivity index (χ0n) is 17.5. The Balaban J connectivity index is 1.36. The molecule has 160 valence electrons. The summed E-state index contributed by atoms with van der Waals surface area (Å²) in [6, 6.07) is 16.0. The van der Waals surface area contributed by atoms with Gasteiger partial charge < -0.3 is 19.9 Å². The van der Waals surface area contributed by atoms with Crippen LogP contribution in [0.5, 0.6) is 0 Å². The van der Waals surface area contributed by atoms with Crippen molar-refractivity contribution in [1.29, 1.82) is 0 Å². The van der Waals surface area contributed by atoms with E-state index in [2.05, 4.69) is 5.32 Å². The molecule has 3 amide bonds. The van der Waals surface area contributed by atoms with E-state index < -0.39 is 0 Å². The van der Waals surface area contributed by atoms with E-state index in [9.17, 15) is 14.4 Å². The fourth-order valence-corrected chi connectivity index (χ4v) is 4.02. The molecule has 2 aliphatic rings. The van der Waals surface area contributed by atoms with Crippen molar-refractivity contribution in [3.05, 3.63) is 65.7 Å². The molecule has 1 aliphatic heterocycles. The molecular formula is C24H25N3O4. The molecule has 2 aromatic carbocycles. The number of ether oxygens (including phenoxy) is 1. The van der Waals surface area contributed by atoms with Gasteiger partial charge in [0.1, 0.15) is 0 Å². The number of nitrogens with zero attached hydrogens (tertiary/aromatic N) is 2. The molecule has 0 saturated carbocycles. The lowest BCUT2D eigenvalue weighted by molar-refractivity contribution is -0.133. The monoisotopic (exact) mass is 419 g/mol. The van der Waals surface area contributed by atoms with Crippen molar-refractivity contribution in [3.8, 4) is 11.1 Å². The Hall–Kier alpha value is -3.61. The highest BCUT2D eigenvalue weighted by molar-refractivity contribution is 6.08. The Morgan fingerprint density at radius 1 is 0.871 bits per heavy atom. The molecule has 4 rings (SSSR count). The number of fused-ring (bicyclic) bond motifs is 3. The van der Waals surface area contributed by atoms with Gasteiger partial charge in [-0.25, -0.2) is 4.79 Å². The molecule has 0 radical (unpaired) electrons. The van der Waals surface area contributed by atoms with Crippen molar-refractivity contribution in [1.82, 2.24) is 15.1 Å². The van der Waals surface area contributed by atoms with Crippen molar-refractivity contribution in [2.45, 2.75) is 6.92 Å². The lowest BCUT2D eigenvalue weighted by Gasteiger charge is -2.34. The molecule has 0 aromatic heterocycles. The zero-order valence-corrected chi connectivity index (χ0v) is 17.5. The van der Waals surface area contributed by atoms with Crippen LogP contribution in [0.25, 0.3) is 16.7 Å². The lowest BCUT2D eigenvalue weighted by atomic mass is 10.0. The minimum atomic E-state index is -0.355. The van der Waals surface area contributed by atoms with Crippen LogP contribution >= 0.6 is 0 Å².